The third-order valence-electron chi connectivity index (χ3n) is 2.06. The Hall–Kier alpha value is -0.120. The number of ether oxygens (including phenoxy) is 1. The van der Waals surface area contributed by atoms with Gasteiger partial charge in [0.2, 0.25) is 0 Å². The second-order valence-corrected chi connectivity index (χ2v) is 3.15. The molecule has 0 aromatic carbocycles. The number of morpholine rings is 1. The number of hydrogen-bond acceptors (Lipinski definition) is 3. The molecule has 1 N–H and O–H groups in total. The van der Waals surface area contributed by atoms with E-state index in [4.69, 9.17) is 4.74 Å². The van der Waals surface area contributed by atoms with Gasteiger partial charge in [0.05, 0.1) is 12.7 Å². The zero-order chi connectivity index (χ0) is 8.10. The summed E-state index contributed by atoms with van der Waals surface area (Å²) < 4.78 is 5.57. The van der Waals surface area contributed by atoms with Crippen molar-refractivity contribution in [2.24, 2.45) is 0 Å². The van der Waals surface area contributed by atoms with Crippen molar-refractivity contribution in [3.05, 3.63) is 0 Å². The fourth-order valence-corrected chi connectivity index (χ4v) is 1.35. The van der Waals surface area contributed by atoms with Gasteiger partial charge in [0, 0.05) is 13.1 Å². The summed E-state index contributed by atoms with van der Waals surface area (Å²) in [5, 5.41) is 3.13. The lowest BCUT2D eigenvalue weighted by molar-refractivity contribution is -0.0226. The van der Waals surface area contributed by atoms with Crippen LogP contribution in [0.3, 0.4) is 0 Å². The lowest BCUT2D eigenvalue weighted by Crippen LogP contribution is -2.40. The van der Waals surface area contributed by atoms with Crippen LogP contribution in [0.2, 0.25) is 0 Å². The summed E-state index contributed by atoms with van der Waals surface area (Å²) in [6.45, 7) is 4.11. The fraction of sp³-hybridized carbons (Fsp3) is 1.00. The minimum absolute atomic E-state index is 0.446. The maximum Gasteiger partial charge on any atom is 0.0714 e. The van der Waals surface area contributed by atoms with Crippen molar-refractivity contribution in [1.82, 2.24) is 10.2 Å². The molecule has 0 amide bonds. The van der Waals surface area contributed by atoms with Crippen LogP contribution in [0.25, 0.3) is 0 Å². The van der Waals surface area contributed by atoms with Gasteiger partial charge in [-0.2, -0.15) is 0 Å². The predicted molar refractivity (Wildman–Crippen MR) is 45.8 cm³/mol. The Bertz CT molecular complexity index is 108. The van der Waals surface area contributed by atoms with Gasteiger partial charge < -0.3 is 15.0 Å². The maximum atomic E-state index is 5.57. The van der Waals surface area contributed by atoms with Gasteiger partial charge in [0.15, 0.2) is 0 Å². The van der Waals surface area contributed by atoms with Gasteiger partial charge >= 0.3 is 0 Å². The first-order valence-corrected chi connectivity index (χ1v) is 4.27. The van der Waals surface area contributed by atoms with E-state index >= 15 is 0 Å². The fourth-order valence-electron chi connectivity index (χ4n) is 1.35. The van der Waals surface area contributed by atoms with Crippen molar-refractivity contribution in [2.45, 2.75) is 12.5 Å². The van der Waals surface area contributed by atoms with Crippen LogP contribution in [-0.4, -0.2) is 51.3 Å². The Labute approximate surface area is 68.7 Å². The summed E-state index contributed by atoms with van der Waals surface area (Å²) >= 11 is 0. The lowest BCUT2D eigenvalue weighted by Gasteiger charge is -2.29. The SMILES string of the molecule is CNCC[C@H]1CN(C)CCO1. The molecule has 0 bridgehead atoms. The summed E-state index contributed by atoms with van der Waals surface area (Å²) in [4.78, 5) is 2.32. The van der Waals surface area contributed by atoms with Crippen LogP contribution in [0.15, 0.2) is 0 Å². The zero-order valence-electron chi connectivity index (χ0n) is 7.47. The normalized spacial score (nSPS) is 27.3. The van der Waals surface area contributed by atoms with Crippen molar-refractivity contribution < 1.29 is 4.74 Å². The monoisotopic (exact) mass is 158 g/mol. The molecule has 1 aliphatic rings. The Morgan fingerprint density at radius 2 is 2.45 bits per heavy atom. The first-order chi connectivity index (χ1) is 5.33. The Kier molecular flexibility index (Phi) is 3.83. The highest BCUT2D eigenvalue weighted by atomic mass is 16.5. The molecule has 3 nitrogen and oxygen atoms in total. The van der Waals surface area contributed by atoms with Crippen LogP contribution in [0.5, 0.6) is 0 Å². The molecule has 0 saturated carbocycles. The van der Waals surface area contributed by atoms with E-state index in [1.165, 1.54) is 0 Å². The van der Waals surface area contributed by atoms with E-state index in [9.17, 15) is 0 Å². The van der Waals surface area contributed by atoms with E-state index < -0.39 is 0 Å². The average Bonchev–Trinajstić information content (AvgIpc) is 2.01. The average molecular weight is 158 g/mol. The quantitative estimate of drug-likeness (QED) is 0.622. The molecule has 1 rings (SSSR count). The largest absolute Gasteiger partial charge is 0.376 e. The molecule has 0 aromatic heterocycles. The standard InChI is InChI=1S/C8H18N2O/c1-9-4-3-8-7-10(2)5-6-11-8/h8-9H,3-7H2,1-2H3/t8-/m0/s1. The lowest BCUT2D eigenvalue weighted by atomic mass is 10.2. The molecule has 0 unspecified atom stereocenters. The molecule has 1 atom stereocenters. The van der Waals surface area contributed by atoms with Crippen molar-refractivity contribution in [3.63, 3.8) is 0 Å². The minimum atomic E-state index is 0.446. The molecule has 0 aromatic rings. The smallest absolute Gasteiger partial charge is 0.0714 e. The van der Waals surface area contributed by atoms with Gasteiger partial charge in [-0.1, -0.05) is 0 Å². The van der Waals surface area contributed by atoms with Crippen molar-refractivity contribution in [2.75, 3.05) is 40.3 Å². The van der Waals surface area contributed by atoms with Crippen molar-refractivity contribution in [1.29, 1.82) is 0 Å². The highest BCUT2D eigenvalue weighted by Gasteiger charge is 2.16. The van der Waals surface area contributed by atoms with Crippen LogP contribution >= 0.6 is 0 Å². The molecule has 1 saturated heterocycles. The second-order valence-electron chi connectivity index (χ2n) is 3.15. The highest BCUT2D eigenvalue weighted by Crippen LogP contribution is 2.05. The zero-order valence-corrected chi connectivity index (χ0v) is 7.47. The van der Waals surface area contributed by atoms with Crippen molar-refractivity contribution in [3.8, 4) is 0 Å². The van der Waals surface area contributed by atoms with Gasteiger partial charge in [0.1, 0.15) is 0 Å². The van der Waals surface area contributed by atoms with E-state index in [1.807, 2.05) is 7.05 Å². The minimum Gasteiger partial charge on any atom is -0.376 e. The van der Waals surface area contributed by atoms with Crippen molar-refractivity contribution >= 4 is 0 Å². The van der Waals surface area contributed by atoms with Gasteiger partial charge in [-0.25, -0.2) is 0 Å². The molecule has 0 aliphatic carbocycles. The maximum absolute atomic E-state index is 5.57. The van der Waals surface area contributed by atoms with Gasteiger partial charge in [-0.05, 0) is 27.1 Å². The summed E-state index contributed by atoms with van der Waals surface area (Å²) in [6, 6.07) is 0. The van der Waals surface area contributed by atoms with Crippen LogP contribution in [0.4, 0.5) is 0 Å². The third kappa shape index (κ3) is 3.18. The second kappa shape index (κ2) is 4.70. The molecule has 3 heteroatoms. The van der Waals surface area contributed by atoms with Gasteiger partial charge in [-0.3, -0.25) is 0 Å². The Balaban J connectivity index is 2.12. The van der Waals surface area contributed by atoms with E-state index in [0.717, 1.165) is 32.7 Å². The van der Waals surface area contributed by atoms with E-state index in [-0.39, 0.29) is 0 Å². The Morgan fingerprint density at radius 1 is 1.64 bits per heavy atom. The van der Waals surface area contributed by atoms with Crippen LogP contribution in [0, 0.1) is 0 Å². The topological polar surface area (TPSA) is 24.5 Å². The van der Waals surface area contributed by atoms with Gasteiger partial charge in [0.25, 0.3) is 0 Å². The summed E-state index contributed by atoms with van der Waals surface area (Å²) in [7, 11) is 4.13. The van der Waals surface area contributed by atoms with Crippen LogP contribution in [0.1, 0.15) is 6.42 Å². The molecule has 66 valence electrons. The summed E-state index contributed by atoms with van der Waals surface area (Å²) in [5.74, 6) is 0. The number of nitrogens with zero attached hydrogens (tertiary/aromatic N) is 1. The highest BCUT2D eigenvalue weighted by molar-refractivity contribution is 4.68. The first-order valence-electron chi connectivity index (χ1n) is 4.27. The van der Waals surface area contributed by atoms with E-state index in [0.29, 0.717) is 6.10 Å². The third-order valence-corrected chi connectivity index (χ3v) is 2.06. The molecular formula is C8H18N2O. The first kappa shape index (κ1) is 8.97. The Morgan fingerprint density at radius 3 is 3.09 bits per heavy atom. The van der Waals surface area contributed by atoms with E-state index in [2.05, 4.69) is 17.3 Å². The van der Waals surface area contributed by atoms with Crippen LogP contribution in [-0.2, 0) is 4.74 Å². The molecule has 1 aliphatic heterocycles. The molecule has 11 heavy (non-hydrogen) atoms. The summed E-state index contributed by atoms with van der Waals surface area (Å²) in [6.07, 6.45) is 1.57. The van der Waals surface area contributed by atoms with Gasteiger partial charge in [-0.15, -0.1) is 0 Å². The molecular weight excluding hydrogens is 140 g/mol. The molecule has 1 fully saturated rings. The molecule has 0 radical (unpaired) electrons. The predicted octanol–water partition coefficient (Wildman–Crippen LogP) is -0.0735. The molecule has 1 heterocycles. The number of hydrogen-bond donors (Lipinski definition) is 1. The van der Waals surface area contributed by atoms with Crippen LogP contribution < -0.4 is 5.32 Å². The number of nitrogens with one attached hydrogen (secondary N) is 1. The van der Waals surface area contributed by atoms with E-state index in [1.54, 1.807) is 0 Å². The number of likely N-dealkylation sites (N-methyl/N-ethyl adjacent to an activating group) is 1. The molecule has 0 spiro atoms. The number of rotatable bonds is 3. The summed E-state index contributed by atoms with van der Waals surface area (Å²) in [5.41, 5.74) is 0.